The van der Waals surface area contributed by atoms with Crippen LogP contribution in [0.15, 0.2) is 70.3 Å². The van der Waals surface area contributed by atoms with E-state index in [2.05, 4.69) is 5.32 Å². The van der Waals surface area contributed by atoms with Crippen molar-refractivity contribution in [3.05, 3.63) is 98.2 Å². The summed E-state index contributed by atoms with van der Waals surface area (Å²) in [5.74, 6) is -2.22. The molecule has 3 rings (SSSR count). The van der Waals surface area contributed by atoms with Crippen LogP contribution in [0.2, 0.25) is 0 Å². The highest BCUT2D eigenvalue weighted by atomic mass is 16.5. The summed E-state index contributed by atoms with van der Waals surface area (Å²) in [5.41, 5.74) is 5.16. The third-order valence-corrected chi connectivity index (χ3v) is 5.59. The standard InChI is InChI=1S/C26H28N4O6/c1-3-14-30-23(27)22(25(34)29(2)26(30)35)20(31)16-36-21(32)15-19(17-10-6-4-7-11-17)28-24(33)18-12-8-5-9-13-18/h4-13,19H,3,14-16,27H2,1-2H3,(H,28,33). The van der Waals surface area contributed by atoms with E-state index in [0.29, 0.717) is 17.5 Å². The third-order valence-electron chi connectivity index (χ3n) is 5.59. The Kier molecular flexibility index (Phi) is 8.56. The van der Waals surface area contributed by atoms with E-state index in [0.717, 1.165) is 9.13 Å². The molecule has 0 aliphatic rings. The lowest BCUT2D eigenvalue weighted by Gasteiger charge is -2.19. The molecule has 0 saturated carbocycles. The summed E-state index contributed by atoms with van der Waals surface area (Å²) in [6, 6.07) is 16.7. The average Bonchev–Trinajstić information content (AvgIpc) is 2.89. The van der Waals surface area contributed by atoms with Gasteiger partial charge in [0.05, 0.1) is 12.5 Å². The van der Waals surface area contributed by atoms with Crippen LogP contribution in [0.5, 0.6) is 0 Å². The summed E-state index contributed by atoms with van der Waals surface area (Å²) in [4.78, 5) is 62.9. The van der Waals surface area contributed by atoms with Crippen molar-refractivity contribution in [1.82, 2.24) is 14.5 Å². The molecule has 0 aliphatic heterocycles. The van der Waals surface area contributed by atoms with Crippen LogP contribution in [0.4, 0.5) is 5.82 Å². The molecule has 1 atom stereocenters. The van der Waals surface area contributed by atoms with Crippen LogP contribution < -0.4 is 22.3 Å². The minimum absolute atomic E-state index is 0.221. The molecule has 1 amide bonds. The first-order valence-corrected chi connectivity index (χ1v) is 11.4. The van der Waals surface area contributed by atoms with Gasteiger partial charge in [0.25, 0.3) is 11.5 Å². The molecular formula is C26H28N4O6. The molecule has 36 heavy (non-hydrogen) atoms. The van der Waals surface area contributed by atoms with Gasteiger partial charge in [0.1, 0.15) is 11.4 Å². The van der Waals surface area contributed by atoms with E-state index < -0.39 is 41.2 Å². The van der Waals surface area contributed by atoms with Gasteiger partial charge in [0.2, 0.25) is 5.78 Å². The van der Waals surface area contributed by atoms with Crippen molar-refractivity contribution in [3.8, 4) is 0 Å². The van der Waals surface area contributed by atoms with Gasteiger partial charge in [-0.2, -0.15) is 0 Å². The van der Waals surface area contributed by atoms with E-state index in [1.165, 1.54) is 7.05 Å². The molecule has 1 aromatic heterocycles. The Balaban J connectivity index is 1.75. The maximum absolute atomic E-state index is 12.8. The molecule has 188 valence electrons. The van der Waals surface area contributed by atoms with Crippen molar-refractivity contribution >= 4 is 23.5 Å². The summed E-state index contributed by atoms with van der Waals surface area (Å²) in [5, 5.41) is 2.82. The van der Waals surface area contributed by atoms with E-state index in [9.17, 15) is 24.0 Å². The van der Waals surface area contributed by atoms with Gasteiger partial charge in [-0.1, -0.05) is 55.5 Å². The summed E-state index contributed by atoms with van der Waals surface area (Å²) in [7, 11) is 1.25. The van der Waals surface area contributed by atoms with Crippen molar-refractivity contribution in [2.75, 3.05) is 12.3 Å². The van der Waals surface area contributed by atoms with Crippen molar-refractivity contribution in [1.29, 1.82) is 0 Å². The highest BCUT2D eigenvalue weighted by Gasteiger charge is 2.24. The summed E-state index contributed by atoms with van der Waals surface area (Å²) < 4.78 is 7.08. The van der Waals surface area contributed by atoms with E-state index >= 15 is 0 Å². The van der Waals surface area contributed by atoms with E-state index in [1.807, 2.05) is 6.92 Å². The number of nitrogen functional groups attached to an aromatic ring is 1. The highest BCUT2D eigenvalue weighted by molar-refractivity contribution is 6.01. The first-order chi connectivity index (χ1) is 17.2. The Morgan fingerprint density at radius 2 is 1.61 bits per heavy atom. The molecule has 1 heterocycles. The minimum atomic E-state index is -0.858. The van der Waals surface area contributed by atoms with E-state index in [-0.39, 0.29) is 24.7 Å². The smallest absolute Gasteiger partial charge is 0.332 e. The zero-order valence-corrected chi connectivity index (χ0v) is 20.1. The molecule has 0 bridgehead atoms. The summed E-state index contributed by atoms with van der Waals surface area (Å²) in [6.07, 6.45) is 0.305. The van der Waals surface area contributed by atoms with Crippen LogP contribution in [0.1, 0.15) is 52.1 Å². The van der Waals surface area contributed by atoms with Gasteiger partial charge in [-0.25, -0.2) is 4.79 Å². The van der Waals surface area contributed by atoms with Gasteiger partial charge in [-0.15, -0.1) is 0 Å². The van der Waals surface area contributed by atoms with Crippen molar-refractivity contribution in [3.63, 3.8) is 0 Å². The largest absolute Gasteiger partial charge is 0.457 e. The van der Waals surface area contributed by atoms with Crippen LogP contribution in [-0.4, -0.2) is 33.4 Å². The second-order valence-corrected chi connectivity index (χ2v) is 8.15. The molecule has 3 aromatic rings. The summed E-state index contributed by atoms with van der Waals surface area (Å²) in [6.45, 7) is 1.30. The summed E-state index contributed by atoms with van der Waals surface area (Å²) >= 11 is 0. The van der Waals surface area contributed by atoms with Gasteiger partial charge in [-0.05, 0) is 24.1 Å². The number of nitrogens with two attached hydrogens (primary N) is 1. The number of rotatable bonds is 10. The molecule has 0 saturated heterocycles. The number of benzene rings is 2. The molecular weight excluding hydrogens is 464 g/mol. The van der Waals surface area contributed by atoms with E-state index in [1.54, 1.807) is 60.7 Å². The molecule has 0 spiro atoms. The maximum atomic E-state index is 12.8. The van der Waals surface area contributed by atoms with Crippen molar-refractivity contribution in [2.24, 2.45) is 7.05 Å². The Hall–Kier alpha value is -4.47. The first kappa shape index (κ1) is 26.1. The van der Waals surface area contributed by atoms with Gasteiger partial charge in [0.15, 0.2) is 6.61 Å². The van der Waals surface area contributed by atoms with Crippen LogP contribution >= 0.6 is 0 Å². The quantitative estimate of drug-likeness (QED) is 0.325. The van der Waals surface area contributed by atoms with E-state index in [4.69, 9.17) is 10.5 Å². The molecule has 2 aromatic carbocycles. The number of ketones is 1. The van der Waals surface area contributed by atoms with Crippen LogP contribution in [0, 0.1) is 0 Å². The number of anilines is 1. The first-order valence-electron chi connectivity index (χ1n) is 11.4. The lowest BCUT2D eigenvalue weighted by atomic mass is 10.0. The third kappa shape index (κ3) is 5.96. The number of aromatic nitrogens is 2. The Labute approximate surface area is 207 Å². The van der Waals surface area contributed by atoms with Gasteiger partial charge in [0, 0.05) is 19.2 Å². The predicted molar refractivity (Wildman–Crippen MR) is 134 cm³/mol. The molecule has 1 unspecified atom stereocenters. The number of esters is 1. The minimum Gasteiger partial charge on any atom is -0.457 e. The fourth-order valence-electron chi connectivity index (χ4n) is 3.70. The number of carbonyl (C=O) groups excluding carboxylic acids is 3. The van der Waals surface area contributed by atoms with Crippen LogP contribution in [0.25, 0.3) is 0 Å². The number of carbonyl (C=O) groups is 3. The lowest BCUT2D eigenvalue weighted by Crippen LogP contribution is -2.43. The number of hydrogen-bond acceptors (Lipinski definition) is 7. The topological polar surface area (TPSA) is 142 Å². The molecule has 10 nitrogen and oxygen atoms in total. The normalized spacial score (nSPS) is 11.5. The zero-order chi connectivity index (χ0) is 26.2. The van der Waals surface area contributed by atoms with Crippen LogP contribution in [0.3, 0.4) is 0 Å². The number of ether oxygens (including phenoxy) is 1. The molecule has 3 N–H and O–H groups in total. The Morgan fingerprint density at radius 1 is 1.00 bits per heavy atom. The molecule has 0 fully saturated rings. The monoisotopic (exact) mass is 492 g/mol. The molecule has 0 aliphatic carbocycles. The van der Waals surface area contributed by atoms with Gasteiger partial charge in [-0.3, -0.25) is 28.3 Å². The zero-order valence-electron chi connectivity index (χ0n) is 20.1. The Morgan fingerprint density at radius 3 is 2.22 bits per heavy atom. The average molecular weight is 493 g/mol. The van der Waals surface area contributed by atoms with Crippen molar-refractivity contribution in [2.45, 2.75) is 32.4 Å². The number of nitrogens with zero attached hydrogens (tertiary/aromatic N) is 2. The second kappa shape index (κ2) is 11.8. The maximum Gasteiger partial charge on any atom is 0.332 e. The number of amides is 1. The van der Waals surface area contributed by atoms with Gasteiger partial charge < -0.3 is 15.8 Å². The van der Waals surface area contributed by atoms with Crippen molar-refractivity contribution < 1.29 is 19.1 Å². The number of hydrogen-bond donors (Lipinski definition) is 2. The SMILES string of the molecule is CCCn1c(N)c(C(=O)COC(=O)CC(NC(=O)c2ccccc2)c2ccccc2)c(=O)n(C)c1=O. The van der Waals surface area contributed by atoms with Gasteiger partial charge >= 0.3 is 11.7 Å². The fraction of sp³-hybridized carbons (Fsp3) is 0.269. The predicted octanol–water partition coefficient (Wildman–Crippen LogP) is 1.83. The number of Topliss-reactive ketones (excluding diaryl/α,β-unsaturated/α-hetero) is 1. The van der Waals surface area contributed by atoms with Crippen LogP contribution in [-0.2, 0) is 23.1 Å². The fourth-order valence-corrected chi connectivity index (χ4v) is 3.70. The molecule has 10 heteroatoms. The Bertz CT molecular complexity index is 1360. The highest BCUT2D eigenvalue weighted by Crippen LogP contribution is 2.18. The molecule has 0 radical (unpaired) electrons. The lowest BCUT2D eigenvalue weighted by molar-refractivity contribution is -0.143. The second-order valence-electron chi connectivity index (χ2n) is 8.15. The number of nitrogens with one attached hydrogen (secondary N) is 1.